The highest BCUT2D eigenvalue weighted by Crippen LogP contribution is 2.32. The first-order valence-electron chi connectivity index (χ1n) is 5.40. The number of rotatable bonds is 2. The Balaban J connectivity index is 2.14. The van der Waals surface area contributed by atoms with Gasteiger partial charge in [0, 0.05) is 18.5 Å². The molecule has 0 amide bonds. The molecule has 0 aliphatic heterocycles. The van der Waals surface area contributed by atoms with Crippen LogP contribution in [0.1, 0.15) is 24.8 Å². The fourth-order valence-electron chi connectivity index (χ4n) is 2.33. The van der Waals surface area contributed by atoms with Crippen LogP contribution in [0.2, 0.25) is 0 Å². The van der Waals surface area contributed by atoms with Gasteiger partial charge in [-0.15, -0.1) is 0 Å². The summed E-state index contributed by atoms with van der Waals surface area (Å²) >= 11 is 0. The maximum atomic E-state index is 13.4. The second kappa shape index (κ2) is 4.11. The normalized spacial score (nSPS) is 29.6. The molecular weight excluding hydrogens is 212 g/mol. The molecule has 2 rings (SSSR count). The summed E-state index contributed by atoms with van der Waals surface area (Å²) in [6, 6.07) is 3.41. The quantitative estimate of drug-likeness (QED) is 0.808. The van der Waals surface area contributed by atoms with E-state index in [1.54, 1.807) is 0 Å². The molecule has 88 valence electrons. The van der Waals surface area contributed by atoms with Crippen molar-refractivity contribution in [1.82, 2.24) is 0 Å². The summed E-state index contributed by atoms with van der Waals surface area (Å²) in [5.74, 6) is -1.20. The largest absolute Gasteiger partial charge is 0.389 e. The highest BCUT2D eigenvalue weighted by molar-refractivity contribution is 5.21. The molecule has 0 saturated heterocycles. The maximum absolute atomic E-state index is 13.4. The summed E-state index contributed by atoms with van der Waals surface area (Å²) in [7, 11) is 0. The van der Waals surface area contributed by atoms with E-state index in [-0.39, 0.29) is 12.5 Å². The lowest BCUT2D eigenvalue weighted by molar-refractivity contribution is 0.0460. The van der Waals surface area contributed by atoms with Crippen molar-refractivity contribution >= 4 is 0 Å². The van der Waals surface area contributed by atoms with Crippen LogP contribution in [-0.2, 0) is 6.42 Å². The van der Waals surface area contributed by atoms with Crippen molar-refractivity contribution in [2.75, 3.05) is 0 Å². The Morgan fingerprint density at radius 1 is 1.44 bits per heavy atom. The predicted octanol–water partition coefficient (Wildman–Crippen LogP) is 1.75. The van der Waals surface area contributed by atoms with Crippen LogP contribution in [-0.4, -0.2) is 16.7 Å². The van der Waals surface area contributed by atoms with Crippen molar-refractivity contribution < 1.29 is 13.9 Å². The average Bonchev–Trinajstić information content (AvgIpc) is 2.52. The molecular formula is C12H15F2NO. The first-order valence-corrected chi connectivity index (χ1v) is 5.40. The molecule has 1 aromatic rings. The smallest absolute Gasteiger partial charge is 0.129 e. The van der Waals surface area contributed by atoms with E-state index in [9.17, 15) is 13.9 Å². The minimum absolute atomic E-state index is 0.0199. The zero-order valence-electron chi connectivity index (χ0n) is 8.92. The van der Waals surface area contributed by atoms with Gasteiger partial charge < -0.3 is 10.8 Å². The number of hydrogen-bond acceptors (Lipinski definition) is 2. The van der Waals surface area contributed by atoms with E-state index in [0.717, 1.165) is 12.5 Å². The van der Waals surface area contributed by atoms with Crippen molar-refractivity contribution in [2.45, 2.75) is 37.3 Å². The molecule has 0 aromatic heterocycles. The van der Waals surface area contributed by atoms with E-state index in [1.165, 1.54) is 12.1 Å². The van der Waals surface area contributed by atoms with Gasteiger partial charge in [0.1, 0.15) is 11.6 Å². The first kappa shape index (κ1) is 11.5. The summed E-state index contributed by atoms with van der Waals surface area (Å²) < 4.78 is 26.1. The summed E-state index contributed by atoms with van der Waals surface area (Å²) in [4.78, 5) is 0. The summed E-state index contributed by atoms with van der Waals surface area (Å²) in [5.41, 5.74) is 5.13. The van der Waals surface area contributed by atoms with E-state index in [4.69, 9.17) is 5.73 Å². The molecule has 4 heteroatoms. The van der Waals surface area contributed by atoms with Crippen molar-refractivity contribution in [1.29, 1.82) is 0 Å². The van der Waals surface area contributed by atoms with Crippen molar-refractivity contribution in [3.63, 3.8) is 0 Å². The molecule has 0 bridgehead atoms. The Bertz CT molecular complexity index is 397. The molecule has 0 heterocycles. The molecule has 0 radical (unpaired) electrons. The van der Waals surface area contributed by atoms with E-state index < -0.39 is 17.2 Å². The molecule has 3 N–H and O–H groups in total. The first-order chi connectivity index (χ1) is 7.48. The number of benzene rings is 1. The molecule has 2 atom stereocenters. The SMILES string of the molecule is NC1CCC(O)(Cc2ccc(F)cc2F)C1. The molecule has 1 aliphatic carbocycles. The topological polar surface area (TPSA) is 46.2 Å². The van der Waals surface area contributed by atoms with Crippen LogP contribution in [0, 0.1) is 11.6 Å². The average molecular weight is 227 g/mol. The van der Waals surface area contributed by atoms with Gasteiger partial charge in [-0.1, -0.05) is 6.07 Å². The van der Waals surface area contributed by atoms with Crippen LogP contribution in [0.25, 0.3) is 0 Å². The Kier molecular flexibility index (Phi) is 2.95. The van der Waals surface area contributed by atoms with Gasteiger partial charge in [-0.25, -0.2) is 8.78 Å². The molecule has 0 spiro atoms. The van der Waals surface area contributed by atoms with E-state index in [1.807, 2.05) is 0 Å². The van der Waals surface area contributed by atoms with Gasteiger partial charge in [-0.2, -0.15) is 0 Å². The van der Waals surface area contributed by atoms with Crippen molar-refractivity contribution in [3.05, 3.63) is 35.4 Å². The van der Waals surface area contributed by atoms with Gasteiger partial charge in [-0.3, -0.25) is 0 Å². The van der Waals surface area contributed by atoms with E-state index in [0.29, 0.717) is 18.4 Å². The Morgan fingerprint density at radius 2 is 2.19 bits per heavy atom. The molecule has 2 nitrogen and oxygen atoms in total. The third kappa shape index (κ3) is 2.39. The summed E-state index contributed by atoms with van der Waals surface area (Å²) in [5, 5.41) is 10.2. The molecule has 1 saturated carbocycles. The molecule has 1 aliphatic rings. The Labute approximate surface area is 93.1 Å². The van der Waals surface area contributed by atoms with Crippen LogP contribution < -0.4 is 5.73 Å². The lowest BCUT2D eigenvalue weighted by Gasteiger charge is -2.22. The molecule has 2 unspecified atom stereocenters. The Morgan fingerprint density at radius 3 is 2.75 bits per heavy atom. The monoisotopic (exact) mass is 227 g/mol. The van der Waals surface area contributed by atoms with Crippen LogP contribution in [0.4, 0.5) is 8.78 Å². The van der Waals surface area contributed by atoms with E-state index in [2.05, 4.69) is 0 Å². The zero-order valence-corrected chi connectivity index (χ0v) is 8.92. The highest BCUT2D eigenvalue weighted by atomic mass is 19.1. The second-order valence-electron chi connectivity index (χ2n) is 4.64. The third-order valence-electron chi connectivity index (χ3n) is 3.16. The van der Waals surface area contributed by atoms with Gasteiger partial charge in [-0.05, 0) is 30.9 Å². The molecule has 16 heavy (non-hydrogen) atoms. The van der Waals surface area contributed by atoms with Crippen LogP contribution in [0.5, 0.6) is 0 Å². The fraction of sp³-hybridized carbons (Fsp3) is 0.500. The van der Waals surface area contributed by atoms with Crippen LogP contribution >= 0.6 is 0 Å². The number of nitrogens with two attached hydrogens (primary N) is 1. The van der Waals surface area contributed by atoms with E-state index >= 15 is 0 Å². The minimum Gasteiger partial charge on any atom is -0.389 e. The highest BCUT2D eigenvalue weighted by Gasteiger charge is 2.36. The van der Waals surface area contributed by atoms with Gasteiger partial charge >= 0.3 is 0 Å². The molecule has 1 fully saturated rings. The van der Waals surface area contributed by atoms with Crippen LogP contribution in [0.3, 0.4) is 0 Å². The predicted molar refractivity (Wildman–Crippen MR) is 56.8 cm³/mol. The number of halogens is 2. The minimum atomic E-state index is -0.932. The van der Waals surface area contributed by atoms with Crippen molar-refractivity contribution in [2.24, 2.45) is 5.73 Å². The third-order valence-corrected chi connectivity index (χ3v) is 3.16. The standard InChI is InChI=1S/C12H15F2NO/c13-9-2-1-8(11(14)5-9)6-12(16)4-3-10(15)7-12/h1-2,5,10,16H,3-4,6-7,15H2. The fourth-order valence-corrected chi connectivity index (χ4v) is 2.33. The summed E-state index contributed by atoms with van der Waals surface area (Å²) in [6.07, 6.45) is 2.00. The number of hydrogen-bond donors (Lipinski definition) is 2. The second-order valence-corrected chi connectivity index (χ2v) is 4.64. The van der Waals surface area contributed by atoms with Crippen LogP contribution in [0.15, 0.2) is 18.2 Å². The van der Waals surface area contributed by atoms with Gasteiger partial charge in [0.15, 0.2) is 0 Å². The summed E-state index contributed by atoms with van der Waals surface area (Å²) in [6.45, 7) is 0. The zero-order chi connectivity index (χ0) is 11.8. The molecule has 1 aromatic carbocycles. The van der Waals surface area contributed by atoms with Gasteiger partial charge in [0.2, 0.25) is 0 Å². The lowest BCUT2D eigenvalue weighted by Crippen LogP contribution is -2.30. The Hall–Kier alpha value is -1.00. The van der Waals surface area contributed by atoms with Gasteiger partial charge in [0.25, 0.3) is 0 Å². The number of aliphatic hydroxyl groups is 1. The maximum Gasteiger partial charge on any atom is 0.129 e. The van der Waals surface area contributed by atoms with Crippen molar-refractivity contribution in [3.8, 4) is 0 Å². The van der Waals surface area contributed by atoms with Gasteiger partial charge in [0.05, 0.1) is 5.60 Å². The lowest BCUT2D eigenvalue weighted by atomic mass is 9.92.